The minimum Gasteiger partial charge on any atom is -0.348 e. The smallest absolute Gasteiger partial charge is 0.165 e. The van der Waals surface area contributed by atoms with Crippen LogP contribution in [0.15, 0.2) is 64.6 Å². The van der Waals surface area contributed by atoms with Gasteiger partial charge in [0.25, 0.3) is 0 Å². The predicted molar refractivity (Wildman–Crippen MR) is 111 cm³/mol. The maximum Gasteiger partial charge on any atom is 0.165 e. The number of anilines is 1. The highest BCUT2D eigenvalue weighted by atomic mass is 32.2. The van der Waals surface area contributed by atoms with Gasteiger partial charge in [-0.3, -0.25) is 4.99 Å². The van der Waals surface area contributed by atoms with Crippen LogP contribution in [0, 0.1) is 0 Å². The van der Waals surface area contributed by atoms with Crippen molar-refractivity contribution in [2.75, 3.05) is 30.4 Å². The number of nitrogens with zero attached hydrogens (tertiary/aromatic N) is 3. The van der Waals surface area contributed by atoms with Crippen molar-refractivity contribution in [3.8, 4) is 0 Å². The van der Waals surface area contributed by atoms with Gasteiger partial charge in [-0.25, -0.2) is 4.99 Å². The van der Waals surface area contributed by atoms with Crippen LogP contribution in [0.5, 0.6) is 0 Å². The zero-order valence-electron chi connectivity index (χ0n) is 14.1. The molecule has 1 saturated heterocycles. The molecule has 0 aliphatic carbocycles. The minimum absolute atomic E-state index is 0.244. The van der Waals surface area contributed by atoms with Gasteiger partial charge in [0.2, 0.25) is 0 Å². The summed E-state index contributed by atoms with van der Waals surface area (Å²) in [5, 5.41) is 5.53. The molecule has 6 heteroatoms. The summed E-state index contributed by atoms with van der Waals surface area (Å²) in [5.41, 5.74) is 3.27. The number of nitrogens with one attached hydrogen (secondary N) is 1. The van der Waals surface area contributed by atoms with Crippen molar-refractivity contribution in [1.29, 1.82) is 0 Å². The number of fused-ring (bicyclic) bond motifs is 1. The molecule has 2 aromatic carbocycles. The average molecular weight is 369 g/mol. The van der Waals surface area contributed by atoms with E-state index in [-0.39, 0.29) is 6.04 Å². The second-order valence-corrected chi connectivity index (χ2v) is 7.79. The Morgan fingerprint density at radius 1 is 1.24 bits per heavy atom. The molecule has 1 atom stereocenters. The van der Waals surface area contributed by atoms with Crippen LogP contribution < -0.4 is 5.32 Å². The van der Waals surface area contributed by atoms with Crippen molar-refractivity contribution in [2.24, 2.45) is 9.98 Å². The fourth-order valence-corrected chi connectivity index (χ4v) is 4.44. The highest BCUT2D eigenvalue weighted by Crippen LogP contribution is 2.33. The van der Waals surface area contributed by atoms with Crippen LogP contribution in [-0.4, -0.2) is 40.3 Å². The number of benzene rings is 2. The van der Waals surface area contributed by atoms with Crippen molar-refractivity contribution in [3.05, 3.63) is 60.2 Å². The first-order valence-corrected chi connectivity index (χ1v) is 10.5. The maximum atomic E-state index is 4.87. The normalized spacial score (nSPS) is 19.7. The molecule has 1 unspecified atom stereocenters. The Morgan fingerprint density at radius 2 is 2.12 bits per heavy atom. The van der Waals surface area contributed by atoms with Gasteiger partial charge in [-0.2, -0.15) is 0 Å². The molecule has 2 aliphatic rings. The lowest BCUT2D eigenvalue weighted by Gasteiger charge is -2.14. The summed E-state index contributed by atoms with van der Waals surface area (Å²) >= 11 is 3.48. The monoisotopic (exact) mass is 368 g/mol. The third-order valence-electron chi connectivity index (χ3n) is 4.23. The van der Waals surface area contributed by atoms with E-state index in [0.29, 0.717) is 0 Å². The SMILES string of the molecule is CSC(=Nc1ccccc1)Nc1cccc(C2CN3CCSC3=N2)c1. The fraction of sp³-hybridized carbons (Fsp3) is 0.263. The van der Waals surface area contributed by atoms with E-state index >= 15 is 0 Å². The van der Waals surface area contributed by atoms with Crippen molar-refractivity contribution < 1.29 is 0 Å². The van der Waals surface area contributed by atoms with Gasteiger partial charge in [-0.05, 0) is 36.1 Å². The summed E-state index contributed by atoms with van der Waals surface area (Å²) in [7, 11) is 0. The number of rotatable bonds is 3. The van der Waals surface area contributed by atoms with Crippen molar-refractivity contribution in [2.45, 2.75) is 6.04 Å². The number of hydrogen-bond donors (Lipinski definition) is 1. The topological polar surface area (TPSA) is 40.0 Å². The molecule has 0 radical (unpaired) electrons. The van der Waals surface area contributed by atoms with Crippen LogP contribution in [0.25, 0.3) is 0 Å². The first kappa shape index (κ1) is 16.5. The molecular weight excluding hydrogens is 348 g/mol. The van der Waals surface area contributed by atoms with Gasteiger partial charge in [-0.1, -0.05) is 53.9 Å². The van der Waals surface area contributed by atoms with E-state index in [4.69, 9.17) is 4.99 Å². The molecule has 4 nitrogen and oxygen atoms in total. The zero-order chi connectivity index (χ0) is 17.1. The molecule has 128 valence electrons. The van der Waals surface area contributed by atoms with Crippen molar-refractivity contribution >= 4 is 45.2 Å². The molecule has 2 aromatic rings. The van der Waals surface area contributed by atoms with Gasteiger partial charge < -0.3 is 10.2 Å². The molecule has 1 fully saturated rings. The lowest BCUT2D eigenvalue weighted by molar-refractivity contribution is 0.464. The van der Waals surface area contributed by atoms with Crippen molar-refractivity contribution in [3.63, 3.8) is 0 Å². The van der Waals surface area contributed by atoms with Crippen LogP contribution in [0.1, 0.15) is 11.6 Å². The number of amidine groups is 2. The lowest BCUT2D eigenvalue weighted by atomic mass is 10.1. The van der Waals surface area contributed by atoms with Crippen LogP contribution in [0.2, 0.25) is 0 Å². The van der Waals surface area contributed by atoms with Gasteiger partial charge in [0, 0.05) is 24.5 Å². The quantitative estimate of drug-likeness (QED) is 0.634. The average Bonchev–Trinajstić information content (AvgIpc) is 3.24. The molecule has 0 aromatic heterocycles. The van der Waals surface area contributed by atoms with Crippen LogP contribution in [-0.2, 0) is 0 Å². The summed E-state index contributed by atoms with van der Waals surface area (Å²) in [6.45, 7) is 2.12. The minimum atomic E-state index is 0.244. The maximum absolute atomic E-state index is 4.87. The second-order valence-electron chi connectivity index (χ2n) is 5.93. The van der Waals surface area contributed by atoms with Crippen LogP contribution in [0.4, 0.5) is 11.4 Å². The number of para-hydroxylation sites is 1. The highest BCUT2D eigenvalue weighted by Gasteiger charge is 2.30. The van der Waals surface area contributed by atoms with E-state index in [9.17, 15) is 0 Å². The fourth-order valence-electron chi connectivity index (χ4n) is 2.98. The van der Waals surface area contributed by atoms with E-state index in [0.717, 1.165) is 29.6 Å². The lowest BCUT2D eigenvalue weighted by Crippen LogP contribution is -2.21. The third-order valence-corrected chi connectivity index (χ3v) is 5.81. The van der Waals surface area contributed by atoms with Gasteiger partial charge in [0.15, 0.2) is 10.3 Å². The Bertz CT molecular complexity index is 804. The van der Waals surface area contributed by atoms with Gasteiger partial charge >= 0.3 is 0 Å². The Labute approximate surface area is 156 Å². The van der Waals surface area contributed by atoms with Gasteiger partial charge in [0.1, 0.15) is 0 Å². The molecule has 0 spiro atoms. The van der Waals surface area contributed by atoms with Crippen LogP contribution in [0.3, 0.4) is 0 Å². The van der Waals surface area contributed by atoms with E-state index < -0.39 is 0 Å². The molecule has 2 aliphatic heterocycles. The number of hydrogen-bond acceptors (Lipinski definition) is 5. The number of thioether (sulfide) groups is 2. The summed E-state index contributed by atoms with van der Waals surface area (Å²) in [5.74, 6) is 1.17. The van der Waals surface area contributed by atoms with E-state index in [1.165, 1.54) is 16.5 Å². The first-order chi connectivity index (χ1) is 12.3. The zero-order valence-corrected chi connectivity index (χ0v) is 15.7. The standard InChI is InChI=1S/C19H20N4S2/c1-24-18(20-15-7-3-2-4-8-15)21-16-9-5-6-14(12-16)17-13-23-10-11-25-19(23)22-17/h2-9,12,17H,10-11,13H2,1H3,(H,20,21). The molecule has 2 heterocycles. The second kappa shape index (κ2) is 7.54. The first-order valence-electron chi connectivity index (χ1n) is 8.32. The summed E-state index contributed by atoms with van der Waals surface area (Å²) in [6.07, 6.45) is 2.03. The summed E-state index contributed by atoms with van der Waals surface area (Å²) in [6, 6.07) is 18.8. The highest BCUT2D eigenvalue weighted by molar-refractivity contribution is 8.14. The number of aliphatic imine (C=N–C) groups is 2. The van der Waals surface area contributed by atoms with E-state index in [1.807, 2.05) is 48.3 Å². The Morgan fingerprint density at radius 3 is 2.92 bits per heavy atom. The molecule has 0 bridgehead atoms. The molecule has 4 rings (SSSR count). The Kier molecular flexibility index (Phi) is 4.99. The largest absolute Gasteiger partial charge is 0.348 e. The van der Waals surface area contributed by atoms with Crippen molar-refractivity contribution in [1.82, 2.24) is 4.90 Å². The summed E-state index contributed by atoms with van der Waals surface area (Å²) in [4.78, 5) is 11.9. The molecular formula is C19H20N4S2. The van der Waals surface area contributed by atoms with Gasteiger partial charge in [-0.15, -0.1) is 0 Å². The van der Waals surface area contributed by atoms with E-state index in [1.54, 1.807) is 11.8 Å². The third kappa shape index (κ3) is 3.85. The Hall–Kier alpha value is -1.92. The Balaban J connectivity index is 1.51. The molecule has 25 heavy (non-hydrogen) atoms. The molecule has 0 saturated carbocycles. The van der Waals surface area contributed by atoms with E-state index in [2.05, 4.69) is 39.5 Å². The molecule has 1 N–H and O–H groups in total. The van der Waals surface area contributed by atoms with Crippen LogP contribution >= 0.6 is 23.5 Å². The molecule has 0 amide bonds. The predicted octanol–water partition coefficient (Wildman–Crippen LogP) is 4.61. The summed E-state index contributed by atoms with van der Waals surface area (Å²) < 4.78 is 0. The van der Waals surface area contributed by atoms with Gasteiger partial charge in [0.05, 0.1) is 11.7 Å².